The van der Waals surface area contributed by atoms with Crippen LogP contribution in [0.3, 0.4) is 0 Å². The Bertz CT molecular complexity index is 476. The van der Waals surface area contributed by atoms with Gasteiger partial charge in [-0.25, -0.2) is 0 Å². The number of ether oxygens (including phenoxy) is 2. The van der Waals surface area contributed by atoms with E-state index in [1.54, 1.807) is 11.1 Å². The average Bonchev–Trinajstić information content (AvgIpc) is 2.86. The summed E-state index contributed by atoms with van der Waals surface area (Å²) >= 11 is 0. The molecule has 2 saturated heterocycles. The fourth-order valence-electron chi connectivity index (χ4n) is 3.69. The fraction of sp³-hybridized carbons (Fsp3) is 0.625. The van der Waals surface area contributed by atoms with E-state index in [2.05, 4.69) is 23.5 Å². The first-order valence-electron chi connectivity index (χ1n) is 7.40. The van der Waals surface area contributed by atoms with Crippen molar-refractivity contribution in [3.05, 3.63) is 34.9 Å². The van der Waals surface area contributed by atoms with Crippen LogP contribution in [0.25, 0.3) is 0 Å². The van der Waals surface area contributed by atoms with E-state index < -0.39 is 0 Å². The quantitative estimate of drug-likeness (QED) is 0.871. The van der Waals surface area contributed by atoms with Crippen LogP contribution in [0, 0.1) is 0 Å². The van der Waals surface area contributed by atoms with Crippen LogP contribution >= 0.6 is 0 Å². The first-order valence-corrected chi connectivity index (χ1v) is 7.40. The lowest BCUT2D eigenvalue weighted by Crippen LogP contribution is -2.63. The zero-order chi connectivity index (χ0) is 12.7. The molecule has 1 atom stereocenters. The maximum atomic E-state index is 5.66. The third-order valence-electron chi connectivity index (χ3n) is 4.98. The Morgan fingerprint density at radius 2 is 2.00 bits per heavy atom. The van der Waals surface area contributed by atoms with Gasteiger partial charge in [0, 0.05) is 12.6 Å². The zero-order valence-electron chi connectivity index (χ0n) is 11.3. The molecule has 0 bridgehead atoms. The fourth-order valence-corrected chi connectivity index (χ4v) is 3.69. The van der Waals surface area contributed by atoms with E-state index in [4.69, 9.17) is 9.47 Å². The normalized spacial score (nSPS) is 28.7. The maximum absolute atomic E-state index is 5.66. The number of hydrogen-bond acceptors (Lipinski definition) is 3. The summed E-state index contributed by atoms with van der Waals surface area (Å²) in [5, 5.41) is 3.62. The molecule has 3 aliphatic rings. The molecule has 2 fully saturated rings. The van der Waals surface area contributed by atoms with Crippen LogP contribution in [-0.4, -0.2) is 39.0 Å². The average molecular weight is 259 g/mol. The first-order chi connectivity index (χ1) is 9.38. The van der Waals surface area contributed by atoms with Crippen molar-refractivity contribution in [2.75, 3.05) is 33.0 Å². The van der Waals surface area contributed by atoms with Crippen molar-refractivity contribution in [3.63, 3.8) is 0 Å². The van der Waals surface area contributed by atoms with Gasteiger partial charge in [-0.2, -0.15) is 0 Å². The molecule has 1 aliphatic carbocycles. The smallest absolute Gasteiger partial charge is 0.0630 e. The van der Waals surface area contributed by atoms with Crippen molar-refractivity contribution in [1.29, 1.82) is 0 Å². The van der Waals surface area contributed by atoms with Gasteiger partial charge in [0.05, 0.1) is 31.8 Å². The summed E-state index contributed by atoms with van der Waals surface area (Å²) in [6.07, 6.45) is 3.81. The zero-order valence-corrected chi connectivity index (χ0v) is 11.3. The van der Waals surface area contributed by atoms with Gasteiger partial charge in [-0.05, 0) is 36.0 Å². The molecule has 1 unspecified atom stereocenters. The van der Waals surface area contributed by atoms with Crippen LogP contribution in [0.15, 0.2) is 18.2 Å². The van der Waals surface area contributed by atoms with Crippen LogP contribution < -0.4 is 5.32 Å². The van der Waals surface area contributed by atoms with E-state index in [1.165, 1.54) is 24.8 Å². The molecule has 102 valence electrons. The van der Waals surface area contributed by atoms with Crippen LogP contribution in [-0.2, 0) is 27.7 Å². The molecule has 1 aromatic rings. The number of hydrogen-bond donors (Lipinski definition) is 1. The lowest BCUT2D eigenvalue weighted by molar-refractivity contribution is -0.101. The Balaban J connectivity index is 1.68. The van der Waals surface area contributed by atoms with E-state index >= 15 is 0 Å². The number of benzene rings is 1. The van der Waals surface area contributed by atoms with Crippen molar-refractivity contribution in [2.24, 2.45) is 0 Å². The summed E-state index contributed by atoms with van der Waals surface area (Å²) in [4.78, 5) is 0. The number of morpholine rings is 1. The summed E-state index contributed by atoms with van der Waals surface area (Å²) in [6.45, 7) is 4.25. The molecule has 2 heterocycles. The largest absolute Gasteiger partial charge is 0.379 e. The Morgan fingerprint density at radius 1 is 1.11 bits per heavy atom. The predicted molar refractivity (Wildman–Crippen MR) is 73.6 cm³/mol. The molecule has 0 amide bonds. The molecular weight excluding hydrogens is 238 g/mol. The second-order valence-electron chi connectivity index (χ2n) is 6.07. The van der Waals surface area contributed by atoms with Crippen LogP contribution in [0.5, 0.6) is 0 Å². The number of rotatable bonds is 2. The number of aryl methyl sites for hydroxylation is 2. The van der Waals surface area contributed by atoms with Crippen molar-refractivity contribution in [1.82, 2.24) is 5.32 Å². The SMILES string of the molecule is c1cc2c(cc1C1(C3COCCN3)COC1)CCC2. The van der Waals surface area contributed by atoms with Crippen LogP contribution in [0.4, 0.5) is 0 Å². The molecular formula is C16H21NO2. The summed E-state index contributed by atoms with van der Waals surface area (Å²) in [5.41, 5.74) is 4.69. The number of nitrogens with one attached hydrogen (secondary N) is 1. The third kappa shape index (κ3) is 1.83. The Kier molecular flexibility index (Phi) is 2.87. The van der Waals surface area contributed by atoms with E-state index in [-0.39, 0.29) is 5.41 Å². The van der Waals surface area contributed by atoms with Crippen LogP contribution in [0.1, 0.15) is 23.1 Å². The summed E-state index contributed by atoms with van der Waals surface area (Å²) in [5.74, 6) is 0. The summed E-state index contributed by atoms with van der Waals surface area (Å²) in [7, 11) is 0. The second-order valence-corrected chi connectivity index (χ2v) is 6.07. The van der Waals surface area contributed by atoms with E-state index in [1.807, 2.05) is 0 Å². The lowest BCUT2D eigenvalue weighted by atomic mass is 9.71. The Morgan fingerprint density at radius 3 is 2.74 bits per heavy atom. The predicted octanol–water partition coefficient (Wildman–Crippen LogP) is 1.43. The van der Waals surface area contributed by atoms with E-state index in [0.717, 1.165) is 33.0 Å². The van der Waals surface area contributed by atoms with Crippen molar-refractivity contribution in [2.45, 2.75) is 30.7 Å². The highest BCUT2D eigenvalue weighted by Gasteiger charge is 2.48. The lowest BCUT2D eigenvalue weighted by Gasteiger charge is -2.49. The van der Waals surface area contributed by atoms with Gasteiger partial charge in [-0.1, -0.05) is 18.2 Å². The van der Waals surface area contributed by atoms with E-state index in [0.29, 0.717) is 6.04 Å². The molecule has 19 heavy (non-hydrogen) atoms. The third-order valence-corrected chi connectivity index (χ3v) is 4.98. The standard InChI is InChI=1S/C16H21NO2/c1-2-12-4-5-14(8-13(12)3-1)16(10-19-11-16)15-9-18-7-6-17-15/h4-5,8,15,17H,1-3,6-7,9-11H2. The van der Waals surface area contributed by atoms with Gasteiger partial charge in [-0.3, -0.25) is 0 Å². The minimum atomic E-state index is 0.137. The first kappa shape index (κ1) is 11.9. The van der Waals surface area contributed by atoms with Gasteiger partial charge in [-0.15, -0.1) is 0 Å². The monoisotopic (exact) mass is 259 g/mol. The van der Waals surface area contributed by atoms with Gasteiger partial charge in [0.1, 0.15) is 0 Å². The van der Waals surface area contributed by atoms with Gasteiger partial charge in [0.15, 0.2) is 0 Å². The van der Waals surface area contributed by atoms with Crippen molar-refractivity contribution >= 4 is 0 Å². The Labute approximate surface area is 114 Å². The molecule has 0 radical (unpaired) electrons. The van der Waals surface area contributed by atoms with E-state index in [9.17, 15) is 0 Å². The highest BCUT2D eigenvalue weighted by molar-refractivity contribution is 5.41. The summed E-state index contributed by atoms with van der Waals surface area (Å²) < 4.78 is 11.2. The van der Waals surface area contributed by atoms with Gasteiger partial charge in [0.2, 0.25) is 0 Å². The molecule has 1 N–H and O–H groups in total. The number of fused-ring (bicyclic) bond motifs is 1. The molecule has 0 saturated carbocycles. The molecule has 1 aromatic carbocycles. The second kappa shape index (κ2) is 4.58. The minimum absolute atomic E-state index is 0.137. The Hall–Kier alpha value is -0.900. The van der Waals surface area contributed by atoms with Gasteiger partial charge in [0.25, 0.3) is 0 Å². The highest BCUT2D eigenvalue weighted by Crippen LogP contribution is 2.38. The van der Waals surface area contributed by atoms with Crippen molar-refractivity contribution < 1.29 is 9.47 Å². The van der Waals surface area contributed by atoms with Crippen LogP contribution in [0.2, 0.25) is 0 Å². The minimum Gasteiger partial charge on any atom is -0.379 e. The molecule has 3 nitrogen and oxygen atoms in total. The van der Waals surface area contributed by atoms with Gasteiger partial charge < -0.3 is 14.8 Å². The highest BCUT2D eigenvalue weighted by atomic mass is 16.5. The van der Waals surface area contributed by atoms with Gasteiger partial charge >= 0.3 is 0 Å². The molecule has 4 rings (SSSR count). The molecule has 3 heteroatoms. The molecule has 0 aromatic heterocycles. The maximum Gasteiger partial charge on any atom is 0.0630 e. The molecule has 2 aliphatic heterocycles. The topological polar surface area (TPSA) is 30.5 Å². The molecule has 0 spiro atoms. The van der Waals surface area contributed by atoms with Crippen molar-refractivity contribution in [3.8, 4) is 0 Å². The summed E-state index contributed by atoms with van der Waals surface area (Å²) in [6, 6.07) is 7.49.